The quantitative estimate of drug-likeness (QED) is 0.867. The third kappa shape index (κ3) is 3.61. The molecule has 2 N–H and O–H groups in total. The van der Waals surface area contributed by atoms with E-state index in [2.05, 4.69) is 4.74 Å². The maximum absolute atomic E-state index is 11.9. The molecule has 0 aliphatic heterocycles. The molecule has 1 aromatic rings. The van der Waals surface area contributed by atoms with Gasteiger partial charge in [0.2, 0.25) is 10.0 Å². The van der Waals surface area contributed by atoms with Gasteiger partial charge in [0, 0.05) is 0 Å². The minimum absolute atomic E-state index is 0.519. The van der Waals surface area contributed by atoms with Crippen LogP contribution in [0, 0.1) is 11.3 Å². The van der Waals surface area contributed by atoms with Gasteiger partial charge in [-0.25, -0.2) is 13.6 Å². The molecule has 0 fully saturated rings. The van der Waals surface area contributed by atoms with Gasteiger partial charge in [0.15, 0.2) is 0 Å². The SMILES string of the molecule is N#Cc1cc(OC(F)(F)F)ccc1S(N)(=O)=O. The molecule has 0 aromatic heterocycles. The molecular formula is C8H5F3N2O3S. The van der Waals surface area contributed by atoms with Gasteiger partial charge >= 0.3 is 6.36 Å². The first kappa shape index (κ1) is 13.3. The zero-order valence-electron chi connectivity index (χ0n) is 8.02. The number of benzene rings is 1. The topological polar surface area (TPSA) is 93.2 Å². The number of primary sulfonamides is 1. The van der Waals surface area contributed by atoms with Gasteiger partial charge in [-0.2, -0.15) is 5.26 Å². The first-order valence-electron chi connectivity index (χ1n) is 3.96. The summed E-state index contributed by atoms with van der Waals surface area (Å²) >= 11 is 0. The highest BCUT2D eigenvalue weighted by atomic mass is 32.2. The second-order valence-corrected chi connectivity index (χ2v) is 4.39. The van der Waals surface area contributed by atoms with E-state index in [9.17, 15) is 21.6 Å². The summed E-state index contributed by atoms with van der Waals surface area (Å²) in [5, 5.41) is 13.4. The van der Waals surface area contributed by atoms with E-state index in [0.29, 0.717) is 6.07 Å². The summed E-state index contributed by atoms with van der Waals surface area (Å²) in [5.74, 6) is -0.693. The van der Waals surface area contributed by atoms with Crippen molar-refractivity contribution in [2.24, 2.45) is 5.14 Å². The number of hydrogen-bond donors (Lipinski definition) is 1. The van der Waals surface area contributed by atoms with Gasteiger partial charge in [0.25, 0.3) is 0 Å². The molecule has 5 nitrogen and oxygen atoms in total. The van der Waals surface area contributed by atoms with E-state index in [1.54, 1.807) is 0 Å². The van der Waals surface area contributed by atoms with Crippen LogP contribution in [0.5, 0.6) is 5.75 Å². The number of halogens is 3. The molecule has 1 aromatic carbocycles. The van der Waals surface area contributed by atoms with Gasteiger partial charge in [-0.15, -0.1) is 13.2 Å². The van der Waals surface area contributed by atoms with E-state index in [4.69, 9.17) is 10.4 Å². The third-order valence-corrected chi connectivity index (χ3v) is 2.58. The molecule has 92 valence electrons. The molecule has 0 radical (unpaired) electrons. The van der Waals surface area contributed by atoms with Crippen LogP contribution in [0.2, 0.25) is 0 Å². The fraction of sp³-hybridized carbons (Fsp3) is 0.125. The average Bonchev–Trinajstić information content (AvgIpc) is 2.13. The number of sulfonamides is 1. The van der Waals surface area contributed by atoms with E-state index < -0.39 is 32.6 Å². The van der Waals surface area contributed by atoms with E-state index in [1.807, 2.05) is 0 Å². The molecular weight excluding hydrogens is 261 g/mol. The van der Waals surface area contributed by atoms with E-state index in [-0.39, 0.29) is 0 Å². The Bertz CT molecular complexity index is 575. The summed E-state index contributed by atoms with van der Waals surface area (Å²) in [6.45, 7) is 0. The van der Waals surface area contributed by atoms with Crippen LogP contribution in [0.1, 0.15) is 5.56 Å². The predicted molar refractivity (Wildman–Crippen MR) is 49.2 cm³/mol. The average molecular weight is 266 g/mol. The Morgan fingerprint density at radius 1 is 1.35 bits per heavy atom. The van der Waals surface area contributed by atoms with Gasteiger partial charge in [0.05, 0.1) is 10.5 Å². The number of ether oxygens (including phenoxy) is 1. The Labute approximate surface area is 94.3 Å². The summed E-state index contributed by atoms with van der Waals surface area (Å²) in [4.78, 5) is -0.561. The van der Waals surface area contributed by atoms with E-state index in [0.717, 1.165) is 12.1 Å². The number of nitriles is 1. The molecule has 0 unspecified atom stereocenters. The molecule has 0 saturated carbocycles. The van der Waals surface area contributed by atoms with Crippen LogP contribution in [-0.4, -0.2) is 14.8 Å². The van der Waals surface area contributed by atoms with Crippen LogP contribution in [0.15, 0.2) is 23.1 Å². The van der Waals surface area contributed by atoms with Crippen LogP contribution < -0.4 is 9.88 Å². The molecule has 1 rings (SSSR count). The van der Waals surface area contributed by atoms with Crippen molar-refractivity contribution in [1.29, 1.82) is 5.26 Å². The fourth-order valence-corrected chi connectivity index (χ4v) is 1.71. The van der Waals surface area contributed by atoms with E-state index in [1.165, 1.54) is 6.07 Å². The maximum atomic E-state index is 11.9. The van der Waals surface area contributed by atoms with Gasteiger partial charge < -0.3 is 4.74 Å². The molecule has 0 spiro atoms. The maximum Gasteiger partial charge on any atom is 0.573 e. The first-order chi connectivity index (χ1) is 7.63. The molecule has 0 amide bonds. The molecule has 0 atom stereocenters. The zero-order valence-corrected chi connectivity index (χ0v) is 8.84. The van der Waals surface area contributed by atoms with Gasteiger partial charge in [-0.3, -0.25) is 0 Å². The highest BCUT2D eigenvalue weighted by Gasteiger charge is 2.31. The van der Waals surface area contributed by atoms with Crippen molar-refractivity contribution in [3.05, 3.63) is 23.8 Å². The van der Waals surface area contributed by atoms with Crippen molar-refractivity contribution in [2.45, 2.75) is 11.3 Å². The highest BCUT2D eigenvalue weighted by Crippen LogP contribution is 2.26. The molecule has 17 heavy (non-hydrogen) atoms. The van der Waals surface area contributed by atoms with E-state index >= 15 is 0 Å². The highest BCUT2D eigenvalue weighted by molar-refractivity contribution is 7.89. The standard InChI is InChI=1S/C8H5F3N2O3S/c9-8(10,11)16-6-1-2-7(17(13,14)15)5(3-6)4-12/h1-3H,(H2,13,14,15). The number of nitrogens with zero attached hydrogens (tertiary/aromatic N) is 1. The van der Waals surface area contributed by atoms with Crippen molar-refractivity contribution < 1.29 is 26.3 Å². The zero-order chi connectivity index (χ0) is 13.3. The van der Waals surface area contributed by atoms with Gasteiger partial charge in [-0.05, 0) is 18.2 Å². The fourth-order valence-electron chi connectivity index (χ4n) is 1.04. The smallest absolute Gasteiger partial charge is 0.406 e. The van der Waals surface area contributed by atoms with Crippen molar-refractivity contribution in [2.75, 3.05) is 0 Å². The largest absolute Gasteiger partial charge is 0.573 e. The summed E-state index contributed by atoms with van der Waals surface area (Å²) in [6.07, 6.45) is -4.92. The Morgan fingerprint density at radius 2 is 1.94 bits per heavy atom. The Morgan fingerprint density at radius 3 is 2.35 bits per heavy atom. The molecule has 0 bridgehead atoms. The number of rotatable bonds is 2. The van der Waals surface area contributed by atoms with Crippen LogP contribution in [0.25, 0.3) is 0 Å². The summed E-state index contributed by atoms with van der Waals surface area (Å²) in [6, 6.07) is 3.60. The van der Waals surface area contributed by atoms with Gasteiger partial charge in [0.1, 0.15) is 11.8 Å². The van der Waals surface area contributed by atoms with Crippen molar-refractivity contribution >= 4 is 10.0 Å². The number of alkyl halides is 3. The van der Waals surface area contributed by atoms with Crippen molar-refractivity contribution in [3.8, 4) is 11.8 Å². The molecule has 0 aliphatic rings. The minimum atomic E-state index is -4.92. The Kier molecular flexibility index (Phi) is 3.30. The second-order valence-electron chi connectivity index (χ2n) is 2.86. The monoisotopic (exact) mass is 266 g/mol. The summed E-state index contributed by atoms with van der Waals surface area (Å²) < 4.78 is 61.1. The van der Waals surface area contributed by atoms with Gasteiger partial charge in [-0.1, -0.05) is 0 Å². The lowest BCUT2D eigenvalue weighted by Crippen LogP contribution is -2.18. The first-order valence-corrected chi connectivity index (χ1v) is 5.51. The number of hydrogen-bond acceptors (Lipinski definition) is 4. The van der Waals surface area contributed by atoms with Crippen molar-refractivity contribution in [1.82, 2.24) is 0 Å². The lowest BCUT2D eigenvalue weighted by atomic mass is 10.2. The Balaban J connectivity index is 3.25. The normalized spacial score (nSPS) is 11.9. The minimum Gasteiger partial charge on any atom is -0.406 e. The molecule has 0 heterocycles. The molecule has 0 aliphatic carbocycles. The van der Waals surface area contributed by atoms with Crippen LogP contribution in [0.4, 0.5) is 13.2 Å². The Hall–Kier alpha value is -1.79. The lowest BCUT2D eigenvalue weighted by molar-refractivity contribution is -0.274. The van der Waals surface area contributed by atoms with Crippen LogP contribution in [-0.2, 0) is 10.0 Å². The summed E-state index contributed by atoms with van der Waals surface area (Å²) in [7, 11) is -4.17. The van der Waals surface area contributed by atoms with Crippen molar-refractivity contribution in [3.63, 3.8) is 0 Å². The van der Waals surface area contributed by atoms with Crippen LogP contribution >= 0.6 is 0 Å². The molecule has 0 saturated heterocycles. The number of nitrogens with two attached hydrogens (primary N) is 1. The predicted octanol–water partition coefficient (Wildman–Crippen LogP) is 1.10. The summed E-state index contributed by atoms with van der Waals surface area (Å²) in [5.41, 5.74) is -0.519. The third-order valence-electron chi connectivity index (χ3n) is 1.61. The molecule has 9 heteroatoms. The second kappa shape index (κ2) is 4.23. The van der Waals surface area contributed by atoms with Crippen LogP contribution in [0.3, 0.4) is 0 Å². The lowest BCUT2D eigenvalue weighted by Gasteiger charge is -2.09.